The number of amides is 1. The van der Waals surface area contributed by atoms with E-state index in [4.69, 9.17) is 9.47 Å². The summed E-state index contributed by atoms with van der Waals surface area (Å²) in [4.78, 5) is 14.6. The van der Waals surface area contributed by atoms with Gasteiger partial charge in [0.1, 0.15) is 6.61 Å². The van der Waals surface area contributed by atoms with Gasteiger partial charge in [0, 0.05) is 32.0 Å². The molecule has 0 radical (unpaired) electrons. The number of hydrogen-bond acceptors (Lipinski definition) is 4. The van der Waals surface area contributed by atoms with E-state index in [0.29, 0.717) is 17.4 Å². The summed E-state index contributed by atoms with van der Waals surface area (Å²) < 4.78 is 13.5. The normalized spacial score (nSPS) is 20.8. The fourth-order valence-electron chi connectivity index (χ4n) is 3.35. The molecule has 1 saturated heterocycles. The predicted molar refractivity (Wildman–Crippen MR) is 87.9 cm³/mol. The van der Waals surface area contributed by atoms with E-state index in [9.17, 15) is 4.79 Å². The Morgan fingerprint density at radius 2 is 1.96 bits per heavy atom. The van der Waals surface area contributed by atoms with E-state index in [-0.39, 0.29) is 12.5 Å². The molecule has 3 heterocycles. The Hall–Kier alpha value is -2.50. The Balaban J connectivity index is 1.32. The van der Waals surface area contributed by atoms with Gasteiger partial charge in [0.15, 0.2) is 11.5 Å². The highest BCUT2D eigenvalue weighted by molar-refractivity contribution is 5.82. The fourth-order valence-corrected chi connectivity index (χ4v) is 3.35. The van der Waals surface area contributed by atoms with E-state index in [1.165, 1.54) is 0 Å². The van der Waals surface area contributed by atoms with Crippen LogP contribution in [-0.2, 0) is 11.3 Å². The topological polar surface area (TPSA) is 56.6 Å². The molecule has 1 unspecified atom stereocenters. The first-order valence-corrected chi connectivity index (χ1v) is 8.44. The van der Waals surface area contributed by atoms with Crippen LogP contribution in [-0.4, -0.2) is 46.4 Å². The van der Waals surface area contributed by atoms with Gasteiger partial charge >= 0.3 is 0 Å². The van der Waals surface area contributed by atoms with E-state index < -0.39 is 6.10 Å². The van der Waals surface area contributed by atoms with Crippen LogP contribution in [0.2, 0.25) is 0 Å². The summed E-state index contributed by atoms with van der Waals surface area (Å²) in [6.07, 6.45) is 5.24. The number of piperidine rings is 1. The lowest BCUT2D eigenvalue weighted by Crippen LogP contribution is -2.49. The molecule has 0 aliphatic carbocycles. The summed E-state index contributed by atoms with van der Waals surface area (Å²) in [5.74, 6) is 1.95. The van der Waals surface area contributed by atoms with E-state index in [1.807, 2.05) is 46.1 Å². The third kappa shape index (κ3) is 3.09. The second kappa shape index (κ2) is 6.55. The van der Waals surface area contributed by atoms with Gasteiger partial charge < -0.3 is 14.4 Å². The maximum atomic E-state index is 12.7. The number of fused-ring (bicyclic) bond motifs is 1. The Morgan fingerprint density at radius 3 is 2.71 bits per heavy atom. The average molecular weight is 327 g/mol. The van der Waals surface area contributed by atoms with E-state index in [0.717, 1.165) is 32.5 Å². The molecule has 0 bridgehead atoms. The predicted octanol–water partition coefficient (Wildman–Crippen LogP) is 1.96. The molecule has 126 valence electrons. The van der Waals surface area contributed by atoms with Crippen LogP contribution in [0.5, 0.6) is 11.5 Å². The Kier molecular flexibility index (Phi) is 4.11. The number of ether oxygens (including phenoxy) is 2. The minimum Gasteiger partial charge on any atom is -0.485 e. The maximum absolute atomic E-state index is 12.7. The molecule has 6 nitrogen and oxygen atoms in total. The number of benzene rings is 1. The summed E-state index contributed by atoms with van der Waals surface area (Å²) in [6.45, 7) is 2.74. The van der Waals surface area contributed by atoms with Crippen molar-refractivity contribution in [2.24, 2.45) is 5.92 Å². The zero-order chi connectivity index (χ0) is 16.4. The first-order valence-electron chi connectivity index (χ1n) is 8.44. The lowest BCUT2D eigenvalue weighted by atomic mass is 9.96. The van der Waals surface area contributed by atoms with Crippen molar-refractivity contribution in [3.8, 4) is 11.5 Å². The van der Waals surface area contributed by atoms with Gasteiger partial charge in [-0.2, -0.15) is 5.10 Å². The molecule has 1 aromatic heterocycles. The van der Waals surface area contributed by atoms with Gasteiger partial charge in [0.25, 0.3) is 5.91 Å². The summed E-state index contributed by atoms with van der Waals surface area (Å²) in [6, 6.07) is 9.42. The number of hydrogen-bond donors (Lipinski definition) is 0. The fraction of sp³-hybridized carbons (Fsp3) is 0.444. The molecule has 2 aliphatic heterocycles. The molecular weight excluding hydrogens is 306 g/mol. The third-order valence-corrected chi connectivity index (χ3v) is 4.71. The van der Waals surface area contributed by atoms with Gasteiger partial charge in [-0.05, 0) is 37.0 Å². The molecule has 6 heteroatoms. The van der Waals surface area contributed by atoms with Crippen molar-refractivity contribution in [3.05, 3.63) is 42.7 Å². The molecule has 2 aliphatic rings. The van der Waals surface area contributed by atoms with Crippen molar-refractivity contribution in [3.63, 3.8) is 0 Å². The summed E-state index contributed by atoms with van der Waals surface area (Å²) >= 11 is 0. The monoisotopic (exact) mass is 327 g/mol. The highest BCUT2D eigenvalue weighted by atomic mass is 16.6. The highest BCUT2D eigenvalue weighted by Crippen LogP contribution is 2.31. The second-order valence-electron chi connectivity index (χ2n) is 6.36. The molecule has 0 saturated carbocycles. The van der Waals surface area contributed by atoms with Crippen LogP contribution in [0.4, 0.5) is 0 Å². The van der Waals surface area contributed by atoms with Crippen molar-refractivity contribution >= 4 is 5.91 Å². The van der Waals surface area contributed by atoms with Crippen molar-refractivity contribution in [1.82, 2.24) is 14.7 Å². The lowest BCUT2D eigenvalue weighted by molar-refractivity contribution is -0.142. The second-order valence-corrected chi connectivity index (χ2v) is 6.36. The van der Waals surface area contributed by atoms with Crippen molar-refractivity contribution < 1.29 is 14.3 Å². The summed E-state index contributed by atoms with van der Waals surface area (Å²) in [7, 11) is 0. The molecule has 1 aromatic carbocycles. The van der Waals surface area contributed by atoms with Gasteiger partial charge in [-0.1, -0.05) is 12.1 Å². The van der Waals surface area contributed by atoms with Gasteiger partial charge in [-0.15, -0.1) is 0 Å². The molecule has 0 spiro atoms. The van der Waals surface area contributed by atoms with E-state index in [1.54, 1.807) is 6.20 Å². The Bertz CT molecular complexity index is 693. The first-order chi connectivity index (χ1) is 11.8. The lowest BCUT2D eigenvalue weighted by Gasteiger charge is -2.35. The van der Waals surface area contributed by atoms with Gasteiger partial charge in [-0.3, -0.25) is 9.48 Å². The standard InChI is InChI=1S/C18H21N3O3/c22-18(17-13-23-15-4-1-2-5-16(15)24-17)20-10-6-14(7-11-20)12-21-9-3-8-19-21/h1-5,8-9,14,17H,6-7,10-13H2. The molecule has 2 aromatic rings. The quantitative estimate of drug-likeness (QED) is 0.865. The number of para-hydroxylation sites is 2. The number of rotatable bonds is 3. The molecule has 4 rings (SSSR count). The smallest absolute Gasteiger partial charge is 0.267 e. The molecule has 1 fully saturated rings. The summed E-state index contributed by atoms with van der Waals surface area (Å²) in [5, 5.41) is 4.26. The Labute approximate surface area is 141 Å². The maximum Gasteiger partial charge on any atom is 0.267 e. The number of nitrogens with zero attached hydrogens (tertiary/aromatic N) is 3. The Morgan fingerprint density at radius 1 is 1.17 bits per heavy atom. The third-order valence-electron chi connectivity index (χ3n) is 4.71. The van der Waals surface area contributed by atoms with Crippen LogP contribution < -0.4 is 9.47 Å². The van der Waals surface area contributed by atoms with Crippen LogP contribution in [0.1, 0.15) is 12.8 Å². The van der Waals surface area contributed by atoms with E-state index in [2.05, 4.69) is 5.10 Å². The largest absolute Gasteiger partial charge is 0.485 e. The van der Waals surface area contributed by atoms with Crippen LogP contribution in [0.15, 0.2) is 42.7 Å². The van der Waals surface area contributed by atoms with Crippen molar-refractivity contribution in [2.75, 3.05) is 19.7 Å². The zero-order valence-corrected chi connectivity index (χ0v) is 13.5. The first kappa shape index (κ1) is 15.1. The molecule has 1 atom stereocenters. The number of carbonyl (C=O) groups excluding carboxylic acids is 1. The van der Waals surface area contributed by atoms with Crippen LogP contribution >= 0.6 is 0 Å². The number of carbonyl (C=O) groups is 1. The summed E-state index contributed by atoms with van der Waals surface area (Å²) in [5.41, 5.74) is 0. The van der Waals surface area contributed by atoms with Gasteiger partial charge in [0.05, 0.1) is 0 Å². The van der Waals surface area contributed by atoms with Gasteiger partial charge in [0.2, 0.25) is 6.10 Å². The van der Waals surface area contributed by atoms with Crippen molar-refractivity contribution in [1.29, 1.82) is 0 Å². The number of likely N-dealkylation sites (tertiary alicyclic amines) is 1. The molecular formula is C18H21N3O3. The minimum absolute atomic E-state index is 0.0297. The average Bonchev–Trinajstić information content (AvgIpc) is 3.14. The van der Waals surface area contributed by atoms with Gasteiger partial charge in [-0.25, -0.2) is 0 Å². The molecule has 1 amide bonds. The van der Waals surface area contributed by atoms with E-state index >= 15 is 0 Å². The van der Waals surface area contributed by atoms with Crippen LogP contribution in [0, 0.1) is 5.92 Å². The van der Waals surface area contributed by atoms with Crippen LogP contribution in [0.25, 0.3) is 0 Å². The highest BCUT2D eigenvalue weighted by Gasteiger charge is 2.33. The molecule has 24 heavy (non-hydrogen) atoms. The van der Waals surface area contributed by atoms with Crippen LogP contribution in [0.3, 0.4) is 0 Å². The SMILES string of the molecule is O=C(C1COc2ccccc2O1)N1CCC(Cn2cccn2)CC1. The van der Waals surface area contributed by atoms with Crippen molar-refractivity contribution in [2.45, 2.75) is 25.5 Å². The minimum atomic E-state index is -0.539. The number of aromatic nitrogens is 2. The molecule has 0 N–H and O–H groups in total. The zero-order valence-electron chi connectivity index (χ0n) is 13.5.